The first kappa shape index (κ1) is 9.02. The van der Waals surface area contributed by atoms with E-state index in [-0.39, 0.29) is 5.69 Å². The number of rotatable bonds is 2. The summed E-state index contributed by atoms with van der Waals surface area (Å²) in [5.41, 5.74) is 5.14. The monoisotopic (exact) mass is 174 g/mol. The summed E-state index contributed by atoms with van der Waals surface area (Å²) in [4.78, 5) is 3.41. The SMILES string of the molecule is N[C@H](CO)c1ncc(F)cc1F. The molecule has 0 radical (unpaired) electrons. The number of aromatic nitrogens is 1. The van der Waals surface area contributed by atoms with Crippen molar-refractivity contribution in [1.29, 1.82) is 0 Å². The Labute approximate surface area is 67.8 Å². The van der Waals surface area contributed by atoms with E-state index in [1.165, 1.54) is 0 Å². The Morgan fingerprint density at radius 2 is 2.25 bits per heavy atom. The molecule has 0 aromatic carbocycles. The topological polar surface area (TPSA) is 59.1 Å². The Hall–Kier alpha value is -1.07. The maximum atomic E-state index is 12.8. The molecule has 66 valence electrons. The summed E-state index contributed by atoms with van der Waals surface area (Å²) in [6.07, 6.45) is 0.855. The minimum atomic E-state index is -0.898. The van der Waals surface area contributed by atoms with Gasteiger partial charge in [-0.25, -0.2) is 8.78 Å². The predicted octanol–water partition coefficient (Wildman–Crippen LogP) is 0.352. The van der Waals surface area contributed by atoms with Gasteiger partial charge in [0.2, 0.25) is 0 Å². The van der Waals surface area contributed by atoms with Crippen LogP contribution >= 0.6 is 0 Å². The first-order valence-electron chi connectivity index (χ1n) is 3.32. The average molecular weight is 174 g/mol. The van der Waals surface area contributed by atoms with Crippen molar-refractivity contribution in [2.24, 2.45) is 5.73 Å². The highest BCUT2D eigenvalue weighted by Crippen LogP contribution is 2.11. The van der Waals surface area contributed by atoms with Crippen molar-refractivity contribution < 1.29 is 13.9 Å². The molecular weight excluding hydrogens is 166 g/mol. The van der Waals surface area contributed by atoms with Gasteiger partial charge < -0.3 is 10.8 Å². The largest absolute Gasteiger partial charge is 0.394 e. The highest BCUT2D eigenvalue weighted by molar-refractivity contribution is 5.12. The molecule has 1 aromatic heterocycles. The van der Waals surface area contributed by atoms with Crippen LogP contribution in [-0.4, -0.2) is 16.7 Å². The van der Waals surface area contributed by atoms with E-state index in [1.807, 2.05) is 0 Å². The van der Waals surface area contributed by atoms with E-state index in [0.29, 0.717) is 6.07 Å². The molecular formula is C7H8F2N2O. The lowest BCUT2D eigenvalue weighted by Crippen LogP contribution is -2.17. The number of aliphatic hydroxyl groups excluding tert-OH is 1. The zero-order valence-corrected chi connectivity index (χ0v) is 6.17. The second-order valence-electron chi connectivity index (χ2n) is 2.31. The Kier molecular flexibility index (Phi) is 2.67. The summed E-state index contributed by atoms with van der Waals surface area (Å²) in [6, 6.07) is -0.219. The molecule has 1 heterocycles. The second kappa shape index (κ2) is 3.55. The van der Waals surface area contributed by atoms with Crippen LogP contribution in [0.5, 0.6) is 0 Å². The fourth-order valence-corrected chi connectivity index (χ4v) is 0.784. The molecule has 1 rings (SSSR count). The quantitative estimate of drug-likeness (QED) is 0.680. The van der Waals surface area contributed by atoms with Gasteiger partial charge in [0.15, 0.2) is 0 Å². The van der Waals surface area contributed by atoms with Crippen molar-refractivity contribution in [2.45, 2.75) is 6.04 Å². The third-order valence-corrected chi connectivity index (χ3v) is 1.38. The molecule has 0 spiro atoms. The van der Waals surface area contributed by atoms with Crippen molar-refractivity contribution in [3.63, 3.8) is 0 Å². The number of hydrogen-bond donors (Lipinski definition) is 2. The molecule has 1 atom stereocenters. The zero-order valence-electron chi connectivity index (χ0n) is 6.17. The molecule has 3 nitrogen and oxygen atoms in total. The van der Waals surface area contributed by atoms with Gasteiger partial charge in [-0.3, -0.25) is 4.98 Å². The van der Waals surface area contributed by atoms with Crippen LogP contribution < -0.4 is 5.73 Å². The van der Waals surface area contributed by atoms with E-state index in [4.69, 9.17) is 10.8 Å². The summed E-state index contributed by atoms with van der Waals surface area (Å²) in [5.74, 6) is -1.60. The Morgan fingerprint density at radius 3 is 2.75 bits per heavy atom. The van der Waals surface area contributed by atoms with Gasteiger partial charge in [0.25, 0.3) is 0 Å². The maximum absolute atomic E-state index is 12.8. The molecule has 5 heteroatoms. The van der Waals surface area contributed by atoms with Crippen molar-refractivity contribution in [1.82, 2.24) is 4.98 Å². The van der Waals surface area contributed by atoms with E-state index in [9.17, 15) is 8.78 Å². The van der Waals surface area contributed by atoms with Gasteiger partial charge in [-0.05, 0) is 0 Å². The van der Waals surface area contributed by atoms with Crippen LogP contribution in [0.1, 0.15) is 11.7 Å². The van der Waals surface area contributed by atoms with E-state index < -0.39 is 24.3 Å². The Bertz CT molecular complexity index is 280. The van der Waals surface area contributed by atoms with Gasteiger partial charge in [0.1, 0.15) is 11.6 Å². The third kappa shape index (κ3) is 1.75. The van der Waals surface area contributed by atoms with Gasteiger partial charge in [0, 0.05) is 6.07 Å². The minimum absolute atomic E-state index is 0.126. The Morgan fingerprint density at radius 1 is 1.58 bits per heavy atom. The summed E-state index contributed by atoms with van der Waals surface area (Å²) in [6.45, 7) is -0.421. The van der Waals surface area contributed by atoms with Gasteiger partial charge >= 0.3 is 0 Å². The fraction of sp³-hybridized carbons (Fsp3) is 0.286. The summed E-state index contributed by atoms with van der Waals surface area (Å²) >= 11 is 0. The number of nitrogens with two attached hydrogens (primary N) is 1. The lowest BCUT2D eigenvalue weighted by atomic mass is 10.2. The highest BCUT2D eigenvalue weighted by Gasteiger charge is 2.12. The number of pyridine rings is 1. The molecule has 0 saturated heterocycles. The van der Waals surface area contributed by atoms with Crippen LogP contribution in [0.25, 0.3) is 0 Å². The van der Waals surface area contributed by atoms with Crippen LogP contribution in [0, 0.1) is 11.6 Å². The van der Waals surface area contributed by atoms with Crippen LogP contribution in [0.15, 0.2) is 12.3 Å². The summed E-state index contributed by atoms with van der Waals surface area (Å²) in [5, 5.41) is 8.56. The van der Waals surface area contributed by atoms with Crippen LogP contribution in [-0.2, 0) is 0 Å². The highest BCUT2D eigenvalue weighted by atomic mass is 19.1. The van der Waals surface area contributed by atoms with Crippen LogP contribution in [0.2, 0.25) is 0 Å². The Balaban J connectivity index is 3.01. The van der Waals surface area contributed by atoms with Gasteiger partial charge in [0.05, 0.1) is 24.5 Å². The van der Waals surface area contributed by atoms with E-state index in [2.05, 4.69) is 4.98 Å². The molecule has 0 saturated carbocycles. The molecule has 0 aliphatic carbocycles. The molecule has 0 amide bonds. The van der Waals surface area contributed by atoms with Crippen molar-refractivity contribution in [3.05, 3.63) is 29.6 Å². The molecule has 0 aliphatic rings. The minimum Gasteiger partial charge on any atom is -0.394 e. The number of halogens is 2. The van der Waals surface area contributed by atoms with E-state index in [1.54, 1.807) is 0 Å². The van der Waals surface area contributed by atoms with Gasteiger partial charge in [-0.2, -0.15) is 0 Å². The summed E-state index contributed by atoms with van der Waals surface area (Å²) < 4.78 is 25.1. The standard InChI is InChI=1S/C7H8F2N2O/c8-4-1-5(9)7(11-2-4)6(10)3-12/h1-2,6,12H,3,10H2/t6-/m1/s1. The normalized spacial score (nSPS) is 13.0. The van der Waals surface area contributed by atoms with E-state index in [0.717, 1.165) is 6.20 Å². The smallest absolute Gasteiger partial charge is 0.149 e. The van der Waals surface area contributed by atoms with Crippen molar-refractivity contribution >= 4 is 0 Å². The lowest BCUT2D eigenvalue weighted by molar-refractivity contribution is 0.262. The van der Waals surface area contributed by atoms with Crippen LogP contribution in [0.3, 0.4) is 0 Å². The first-order chi connectivity index (χ1) is 5.65. The number of nitrogens with zero attached hydrogens (tertiary/aromatic N) is 1. The fourth-order valence-electron chi connectivity index (χ4n) is 0.784. The van der Waals surface area contributed by atoms with Gasteiger partial charge in [-0.15, -0.1) is 0 Å². The van der Waals surface area contributed by atoms with E-state index >= 15 is 0 Å². The van der Waals surface area contributed by atoms with Crippen LogP contribution in [0.4, 0.5) is 8.78 Å². The number of hydrogen-bond acceptors (Lipinski definition) is 3. The second-order valence-corrected chi connectivity index (χ2v) is 2.31. The molecule has 0 unspecified atom stereocenters. The zero-order chi connectivity index (χ0) is 9.14. The predicted molar refractivity (Wildman–Crippen MR) is 38.2 cm³/mol. The van der Waals surface area contributed by atoms with Crippen molar-refractivity contribution in [2.75, 3.05) is 6.61 Å². The lowest BCUT2D eigenvalue weighted by Gasteiger charge is -2.07. The summed E-state index contributed by atoms with van der Waals surface area (Å²) in [7, 11) is 0. The molecule has 0 aliphatic heterocycles. The average Bonchev–Trinajstić information content (AvgIpc) is 2.03. The molecule has 0 fully saturated rings. The molecule has 0 bridgehead atoms. The maximum Gasteiger partial charge on any atom is 0.149 e. The number of aliphatic hydroxyl groups is 1. The first-order valence-corrected chi connectivity index (χ1v) is 3.32. The van der Waals surface area contributed by atoms with Gasteiger partial charge in [-0.1, -0.05) is 0 Å². The third-order valence-electron chi connectivity index (χ3n) is 1.38. The molecule has 3 N–H and O–H groups in total. The molecule has 12 heavy (non-hydrogen) atoms. The molecule has 1 aromatic rings. The van der Waals surface area contributed by atoms with Crippen molar-refractivity contribution in [3.8, 4) is 0 Å².